The van der Waals surface area contributed by atoms with E-state index in [9.17, 15) is 0 Å². The minimum absolute atomic E-state index is 0.0342. The maximum Gasteiger partial charge on any atom is 0.0487 e. The number of hydrogen-bond donors (Lipinski definition) is 0. The van der Waals surface area contributed by atoms with Crippen LogP contribution in [-0.4, -0.2) is 0 Å². The van der Waals surface area contributed by atoms with Gasteiger partial charge in [-0.3, -0.25) is 0 Å². The van der Waals surface area contributed by atoms with Crippen molar-refractivity contribution in [2.75, 3.05) is 0 Å². The van der Waals surface area contributed by atoms with Crippen molar-refractivity contribution in [3.8, 4) is 0 Å². The summed E-state index contributed by atoms with van der Waals surface area (Å²) in [5.41, 5.74) is 3.40. The van der Waals surface area contributed by atoms with Crippen LogP contribution in [0.1, 0.15) is 58.2 Å². The van der Waals surface area contributed by atoms with Gasteiger partial charge in [0, 0.05) is 10.0 Å². The van der Waals surface area contributed by atoms with E-state index < -0.39 is 0 Å². The van der Waals surface area contributed by atoms with Crippen LogP contribution in [0.5, 0.6) is 0 Å². The summed E-state index contributed by atoms with van der Waals surface area (Å²) in [5.74, 6) is 0. The maximum absolute atomic E-state index is 6.42. The van der Waals surface area contributed by atoms with Crippen LogP contribution < -0.4 is 0 Å². The first kappa shape index (κ1) is 14.9. The first-order valence-electron chi connectivity index (χ1n) is 5.96. The van der Waals surface area contributed by atoms with Crippen LogP contribution in [-0.2, 0) is 10.8 Å². The van der Waals surface area contributed by atoms with Crippen LogP contribution in [0.2, 0.25) is 10.0 Å². The van der Waals surface area contributed by atoms with Gasteiger partial charge in [-0.1, -0.05) is 70.8 Å². The fraction of sp³-hybridized carbons (Fsp3) is 0.600. The molecule has 0 unspecified atom stereocenters. The molecule has 0 amide bonds. The van der Waals surface area contributed by atoms with E-state index >= 15 is 0 Å². The summed E-state index contributed by atoms with van der Waals surface area (Å²) >= 11 is 12.8. The number of rotatable bonds is 0. The van der Waals surface area contributed by atoms with Crippen molar-refractivity contribution in [3.05, 3.63) is 32.8 Å². The highest BCUT2D eigenvalue weighted by molar-refractivity contribution is 6.37. The minimum Gasteiger partial charge on any atom is -0.0837 e. The summed E-state index contributed by atoms with van der Waals surface area (Å²) < 4.78 is 0. The van der Waals surface area contributed by atoms with Gasteiger partial charge in [0.1, 0.15) is 0 Å². The number of halogens is 2. The second kappa shape index (κ2) is 4.48. The quantitative estimate of drug-likeness (QED) is 0.552. The van der Waals surface area contributed by atoms with E-state index in [1.54, 1.807) is 0 Å². The lowest BCUT2D eigenvalue weighted by Gasteiger charge is -2.28. The van der Waals surface area contributed by atoms with Gasteiger partial charge in [-0.15, -0.1) is 0 Å². The molecule has 0 saturated carbocycles. The first-order valence-corrected chi connectivity index (χ1v) is 6.71. The van der Waals surface area contributed by atoms with Crippen molar-refractivity contribution in [3.63, 3.8) is 0 Å². The molecule has 0 saturated heterocycles. The zero-order valence-corrected chi connectivity index (χ0v) is 13.3. The highest BCUT2D eigenvalue weighted by atomic mass is 35.5. The summed E-state index contributed by atoms with van der Waals surface area (Å²) in [7, 11) is 0. The molecule has 0 aliphatic carbocycles. The Morgan fingerprint density at radius 2 is 1.06 bits per heavy atom. The van der Waals surface area contributed by atoms with Crippen LogP contribution in [0.3, 0.4) is 0 Å². The second-order valence-corrected chi connectivity index (χ2v) is 7.48. The summed E-state index contributed by atoms with van der Waals surface area (Å²) in [5, 5.41) is 1.60. The van der Waals surface area contributed by atoms with Gasteiger partial charge in [-0.25, -0.2) is 0 Å². The molecule has 0 radical (unpaired) electrons. The lowest BCUT2D eigenvalue weighted by atomic mass is 9.79. The molecule has 0 aliphatic rings. The molecule has 1 aromatic rings. The Hall–Kier alpha value is -0.200. The van der Waals surface area contributed by atoms with Gasteiger partial charge >= 0.3 is 0 Å². The monoisotopic (exact) mass is 272 g/mol. The normalized spacial score (nSPS) is 13.0. The van der Waals surface area contributed by atoms with Crippen molar-refractivity contribution in [2.24, 2.45) is 0 Å². The van der Waals surface area contributed by atoms with E-state index in [-0.39, 0.29) is 10.8 Å². The molecular formula is C15H22Cl2. The molecule has 0 aromatic heterocycles. The smallest absolute Gasteiger partial charge is 0.0487 e. The summed E-state index contributed by atoms with van der Waals surface area (Å²) in [6.45, 7) is 15.0. The fourth-order valence-electron chi connectivity index (χ4n) is 1.86. The van der Waals surface area contributed by atoms with E-state index in [1.807, 2.05) is 6.92 Å². The average Bonchev–Trinajstić information content (AvgIpc) is 2.10. The van der Waals surface area contributed by atoms with Gasteiger partial charge < -0.3 is 0 Å². The summed E-state index contributed by atoms with van der Waals surface area (Å²) in [4.78, 5) is 0. The van der Waals surface area contributed by atoms with Crippen molar-refractivity contribution in [2.45, 2.75) is 59.3 Å². The van der Waals surface area contributed by atoms with E-state index in [0.717, 1.165) is 15.6 Å². The van der Waals surface area contributed by atoms with Crippen LogP contribution >= 0.6 is 23.2 Å². The topological polar surface area (TPSA) is 0 Å². The molecule has 0 fully saturated rings. The van der Waals surface area contributed by atoms with Gasteiger partial charge in [-0.05, 0) is 34.4 Å². The highest BCUT2D eigenvalue weighted by Crippen LogP contribution is 2.41. The van der Waals surface area contributed by atoms with Crippen molar-refractivity contribution < 1.29 is 0 Å². The van der Waals surface area contributed by atoms with E-state index in [0.29, 0.717) is 0 Å². The Labute approximate surface area is 115 Å². The Kier molecular flexibility index (Phi) is 3.91. The minimum atomic E-state index is 0.0342. The molecular weight excluding hydrogens is 251 g/mol. The molecule has 0 heterocycles. The molecule has 1 rings (SSSR count). The van der Waals surface area contributed by atoms with E-state index in [2.05, 4.69) is 47.6 Å². The molecule has 0 nitrogen and oxygen atoms in total. The van der Waals surface area contributed by atoms with E-state index in [1.165, 1.54) is 11.1 Å². The largest absolute Gasteiger partial charge is 0.0837 e. The molecule has 17 heavy (non-hydrogen) atoms. The lowest BCUT2D eigenvalue weighted by Crippen LogP contribution is -2.18. The Bertz CT molecular complexity index is 393. The highest BCUT2D eigenvalue weighted by Gasteiger charge is 2.26. The number of hydrogen-bond acceptors (Lipinski definition) is 0. The zero-order valence-electron chi connectivity index (χ0n) is 11.8. The van der Waals surface area contributed by atoms with Crippen LogP contribution in [0.15, 0.2) is 6.07 Å². The zero-order chi connectivity index (χ0) is 13.6. The second-order valence-electron chi connectivity index (χ2n) is 6.72. The molecule has 0 aliphatic heterocycles. The lowest BCUT2D eigenvalue weighted by molar-refractivity contribution is 0.568. The van der Waals surface area contributed by atoms with Crippen LogP contribution in [0.25, 0.3) is 0 Å². The van der Waals surface area contributed by atoms with Crippen molar-refractivity contribution >= 4 is 23.2 Å². The van der Waals surface area contributed by atoms with Gasteiger partial charge in [0.2, 0.25) is 0 Å². The SMILES string of the molecule is Cc1c(Cl)c(C(C)(C)C)cc(C(C)(C)C)c1Cl. The molecule has 96 valence electrons. The summed E-state index contributed by atoms with van der Waals surface area (Å²) in [6, 6.07) is 2.16. The van der Waals surface area contributed by atoms with Crippen LogP contribution in [0, 0.1) is 6.92 Å². The van der Waals surface area contributed by atoms with Crippen molar-refractivity contribution in [1.82, 2.24) is 0 Å². The van der Waals surface area contributed by atoms with Crippen molar-refractivity contribution in [1.29, 1.82) is 0 Å². The molecule has 0 spiro atoms. The standard InChI is InChI=1S/C15H22Cl2/c1-9-12(16)10(14(2,3)4)8-11(13(9)17)15(5,6)7/h8H,1-7H3. The third-order valence-electron chi connectivity index (χ3n) is 3.04. The first-order chi connectivity index (χ1) is 7.46. The molecule has 0 bridgehead atoms. The van der Waals surface area contributed by atoms with Gasteiger partial charge in [0.05, 0.1) is 0 Å². The predicted octanol–water partition coefficient (Wildman–Crippen LogP) is 5.90. The predicted molar refractivity (Wildman–Crippen MR) is 78.6 cm³/mol. The van der Waals surface area contributed by atoms with Gasteiger partial charge in [-0.2, -0.15) is 0 Å². The fourth-order valence-corrected chi connectivity index (χ4v) is 2.78. The molecule has 0 N–H and O–H groups in total. The van der Waals surface area contributed by atoms with E-state index in [4.69, 9.17) is 23.2 Å². The molecule has 0 atom stereocenters. The Balaban J connectivity index is 3.63. The Morgan fingerprint density at radius 3 is 1.29 bits per heavy atom. The third kappa shape index (κ3) is 2.98. The Morgan fingerprint density at radius 1 is 0.765 bits per heavy atom. The third-order valence-corrected chi connectivity index (χ3v) is 4.01. The van der Waals surface area contributed by atoms with Gasteiger partial charge in [0.25, 0.3) is 0 Å². The maximum atomic E-state index is 6.42. The van der Waals surface area contributed by atoms with Crippen LogP contribution in [0.4, 0.5) is 0 Å². The van der Waals surface area contributed by atoms with Gasteiger partial charge in [0.15, 0.2) is 0 Å². The molecule has 2 heteroatoms. The number of benzene rings is 1. The average molecular weight is 273 g/mol. The summed E-state index contributed by atoms with van der Waals surface area (Å²) in [6.07, 6.45) is 0. The molecule has 1 aromatic carbocycles.